The van der Waals surface area contributed by atoms with Crippen LogP contribution in [0.1, 0.15) is 51.9 Å². The van der Waals surface area contributed by atoms with Crippen LogP contribution in [0.25, 0.3) is 0 Å². The summed E-state index contributed by atoms with van der Waals surface area (Å²) in [6.45, 7) is 2.98. The molecule has 0 bridgehead atoms. The third kappa shape index (κ3) is 5.17. The molecule has 15 heavy (non-hydrogen) atoms. The third-order valence-corrected chi connectivity index (χ3v) is 3.24. The van der Waals surface area contributed by atoms with Crippen LogP contribution in [0, 0.1) is 5.92 Å². The summed E-state index contributed by atoms with van der Waals surface area (Å²) < 4.78 is 0. The van der Waals surface area contributed by atoms with E-state index in [9.17, 15) is 4.79 Å². The first-order chi connectivity index (χ1) is 7.22. The van der Waals surface area contributed by atoms with Crippen molar-refractivity contribution in [2.75, 3.05) is 6.54 Å². The highest BCUT2D eigenvalue weighted by atomic mass is 16.1. The zero-order chi connectivity index (χ0) is 11.1. The molecular formula is C12H24N2O. The summed E-state index contributed by atoms with van der Waals surface area (Å²) in [6, 6.07) is 0.437. The van der Waals surface area contributed by atoms with Crippen molar-refractivity contribution in [2.45, 2.75) is 57.9 Å². The Hall–Kier alpha value is -0.570. The SMILES string of the molecule is CC1CCC(NC(=O)CCCCN)CC1. The molecule has 0 heterocycles. The average Bonchev–Trinajstić information content (AvgIpc) is 2.22. The Balaban J connectivity index is 2.09. The van der Waals surface area contributed by atoms with Crippen LogP contribution in [0.5, 0.6) is 0 Å². The van der Waals surface area contributed by atoms with Crippen molar-refractivity contribution >= 4 is 5.91 Å². The van der Waals surface area contributed by atoms with E-state index in [1.165, 1.54) is 12.8 Å². The van der Waals surface area contributed by atoms with Crippen LogP contribution in [-0.2, 0) is 4.79 Å². The van der Waals surface area contributed by atoms with Crippen molar-refractivity contribution in [3.05, 3.63) is 0 Å². The topological polar surface area (TPSA) is 55.1 Å². The Morgan fingerprint density at radius 2 is 1.93 bits per heavy atom. The zero-order valence-corrected chi connectivity index (χ0v) is 9.80. The lowest BCUT2D eigenvalue weighted by Gasteiger charge is -2.26. The Kier molecular flexibility index (Phi) is 5.69. The molecule has 1 rings (SSSR count). The molecule has 0 aromatic carbocycles. The number of hydrogen-bond donors (Lipinski definition) is 2. The molecule has 0 atom stereocenters. The molecule has 1 aliphatic rings. The number of amides is 1. The zero-order valence-electron chi connectivity index (χ0n) is 9.80. The molecule has 0 saturated heterocycles. The molecule has 3 N–H and O–H groups in total. The number of carbonyl (C=O) groups is 1. The van der Waals surface area contributed by atoms with E-state index >= 15 is 0 Å². The highest BCUT2D eigenvalue weighted by Crippen LogP contribution is 2.23. The molecule has 88 valence electrons. The summed E-state index contributed by atoms with van der Waals surface area (Å²) in [5.74, 6) is 1.05. The van der Waals surface area contributed by atoms with Crippen LogP contribution >= 0.6 is 0 Å². The average molecular weight is 212 g/mol. The fourth-order valence-corrected chi connectivity index (χ4v) is 2.13. The van der Waals surface area contributed by atoms with Crippen molar-refractivity contribution in [1.29, 1.82) is 0 Å². The minimum atomic E-state index is 0.211. The van der Waals surface area contributed by atoms with Gasteiger partial charge in [0.25, 0.3) is 0 Å². The van der Waals surface area contributed by atoms with E-state index in [1.54, 1.807) is 0 Å². The van der Waals surface area contributed by atoms with Gasteiger partial charge in [-0.25, -0.2) is 0 Å². The van der Waals surface area contributed by atoms with Crippen molar-refractivity contribution in [1.82, 2.24) is 5.32 Å². The maximum absolute atomic E-state index is 11.5. The fourth-order valence-electron chi connectivity index (χ4n) is 2.13. The molecule has 3 heteroatoms. The lowest BCUT2D eigenvalue weighted by Crippen LogP contribution is -2.37. The van der Waals surface area contributed by atoms with E-state index in [0.29, 0.717) is 19.0 Å². The molecule has 0 radical (unpaired) electrons. The van der Waals surface area contributed by atoms with Gasteiger partial charge in [-0.3, -0.25) is 4.79 Å². The number of nitrogens with two attached hydrogens (primary N) is 1. The normalized spacial score (nSPS) is 26.3. The van der Waals surface area contributed by atoms with Gasteiger partial charge in [0, 0.05) is 12.5 Å². The van der Waals surface area contributed by atoms with Gasteiger partial charge < -0.3 is 11.1 Å². The second-order valence-electron chi connectivity index (χ2n) is 4.77. The van der Waals surface area contributed by atoms with Crippen molar-refractivity contribution < 1.29 is 4.79 Å². The molecule has 1 saturated carbocycles. The van der Waals surface area contributed by atoms with Crippen molar-refractivity contribution in [3.8, 4) is 0 Å². The van der Waals surface area contributed by atoms with E-state index in [4.69, 9.17) is 5.73 Å². The van der Waals surface area contributed by atoms with Gasteiger partial charge in [0.1, 0.15) is 0 Å². The van der Waals surface area contributed by atoms with E-state index in [2.05, 4.69) is 12.2 Å². The van der Waals surface area contributed by atoms with Crippen LogP contribution in [0.2, 0.25) is 0 Å². The van der Waals surface area contributed by atoms with Crippen LogP contribution in [0.4, 0.5) is 0 Å². The molecule has 0 aromatic heterocycles. The largest absolute Gasteiger partial charge is 0.353 e. The number of hydrogen-bond acceptors (Lipinski definition) is 2. The molecule has 0 aliphatic heterocycles. The molecule has 0 aromatic rings. The predicted octanol–water partition coefficient (Wildman–Crippen LogP) is 1.81. The molecule has 0 spiro atoms. The summed E-state index contributed by atoms with van der Waals surface area (Å²) in [4.78, 5) is 11.5. The Bertz CT molecular complexity index is 186. The number of rotatable bonds is 5. The Morgan fingerprint density at radius 1 is 1.27 bits per heavy atom. The molecule has 1 fully saturated rings. The second-order valence-corrected chi connectivity index (χ2v) is 4.77. The quantitative estimate of drug-likeness (QED) is 0.683. The Labute approximate surface area is 92.8 Å². The summed E-state index contributed by atoms with van der Waals surface area (Å²) in [6.07, 6.45) is 7.35. The highest BCUT2D eigenvalue weighted by molar-refractivity contribution is 5.76. The van der Waals surface area contributed by atoms with Crippen LogP contribution < -0.4 is 11.1 Å². The lowest BCUT2D eigenvalue weighted by atomic mass is 9.87. The Morgan fingerprint density at radius 3 is 2.53 bits per heavy atom. The molecular weight excluding hydrogens is 188 g/mol. The van der Waals surface area contributed by atoms with Crippen LogP contribution in [0.3, 0.4) is 0 Å². The number of carbonyl (C=O) groups excluding carboxylic acids is 1. The standard InChI is InChI=1S/C12H24N2O/c1-10-5-7-11(8-6-10)14-12(15)4-2-3-9-13/h10-11H,2-9,13H2,1H3,(H,14,15). The highest BCUT2D eigenvalue weighted by Gasteiger charge is 2.19. The first kappa shape index (κ1) is 12.5. The molecule has 0 unspecified atom stereocenters. The maximum atomic E-state index is 11.5. The summed E-state index contributed by atoms with van der Waals surface area (Å²) >= 11 is 0. The van der Waals surface area contributed by atoms with Crippen molar-refractivity contribution in [2.24, 2.45) is 11.7 Å². The summed E-state index contributed by atoms with van der Waals surface area (Å²) in [7, 11) is 0. The first-order valence-corrected chi connectivity index (χ1v) is 6.21. The van der Waals surface area contributed by atoms with Gasteiger partial charge >= 0.3 is 0 Å². The van der Waals surface area contributed by atoms with Gasteiger partial charge in [0.15, 0.2) is 0 Å². The lowest BCUT2D eigenvalue weighted by molar-refractivity contribution is -0.122. The van der Waals surface area contributed by atoms with Gasteiger partial charge in [-0.1, -0.05) is 6.92 Å². The number of unbranched alkanes of at least 4 members (excludes halogenated alkanes) is 1. The fraction of sp³-hybridized carbons (Fsp3) is 0.917. The van der Waals surface area contributed by atoms with E-state index in [-0.39, 0.29) is 5.91 Å². The summed E-state index contributed by atoms with van der Waals surface area (Å²) in [5.41, 5.74) is 5.38. The van der Waals surface area contributed by atoms with Crippen LogP contribution in [0.15, 0.2) is 0 Å². The van der Waals surface area contributed by atoms with E-state index in [0.717, 1.165) is 31.6 Å². The van der Waals surface area contributed by atoms with Gasteiger partial charge in [-0.15, -0.1) is 0 Å². The third-order valence-electron chi connectivity index (χ3n) is 3.24. The number of nitrogens with one attached hydrogen (secondary N) is 1. The molecule has 1 amide bonds. The minimum Gasteiger partial charge on any atom is -0.353 e. The molecule has 1 aliphatic carbocycles. The second kappa shape index (κ2) is 6.83. The van der Waals surface area contributed by atoms with Gasteiger partial charge in [-0.05, 0) is 51.0 Å². The smallest absolute Gasteiger partial charge is 0.220 e. The monoisotopic (exact) mass is 212 g/mol. The van der Waals surface area contributed by atoms with Gasteiger partial charge in [0.2, 0.25) is 5.91 Å². The van der Waals surface area contributed by atoms with Crippen LogP contribution in [-0.4, -0.2) is 18.5 Å². The predicted molar refractivity (Wildman–Crippen MR) is 62.5 cm³/mol. The van der Waals surface area contributed by atoms with E-state index < -0.39 is 0 Å². The van der Waals surface area contributed by atoms with Gasteiger partial charge in [-0.2, -0.15) is 0 Å². The minimum absolute atomic E-state index is 0.211. The summed E-state index contributed by atoms with van der Waals surface area (Å²) in [5, 5.41) is 3.12. The first-order valence-electron chi connectivity index (χ1n) is 6.21. The van der Waals surface area contributed by atoms with Gasteiger partial charge in [0.05, 0.1) is 0 Å². The van der Waals surface area contributed by atoms with Crippen molar-refractivity contribution in [3.63, 3.8) is 0 Å². The maximum Gasteiger partial charge on any atom is 0.220 e. The van der Waals surface area contributed by atoms with E-state index in [1.807, 2.05) is 0 Å². The molecule has 3 nitrogen and oxygen atoms in total.